The van der Waals surface area contributed by atoms with Crippen LogP contribution in [0.2, 0.25) is 0 Å². The van der Waals surface area contributed by atoms with Gasteiger partial charge in [-0.1, -0.05) is 0 Å². The first-order chi connectivity index (χ1) is 15.4. The van der Waals surface area contributed by atoms with Crippen LogP contribution in [0.25, 0.3) is 16.9 Å². The van der Waals surface area contributed by atoms with Crippen molar-refractivity contribution in [1.29, 1.82) is 0 Å². The molecular formula is C23H20FN5O3. The van der Waals surface area contributed by atoms with E-state index in [1.165, 1.54) is 30.2 Å². The van der Waals surface area contributed by atoms with Crippen LogP contribution < -0.4 is 10.2 Å². The Morgan fingerprint density at radius 1 is 1.09 bits per heavy atom. The Balaban J connectivity index is 1.64. The van der Waals surface area contributed by atoms with Gasteiger partial charge < -0.3 is 9.64 Å². The van der Waals surface area contributed by atoms with E-state index >= 15 is 0 Å². The van der Waals surface area contributed by atoms with Crippen molar-refractivity contribution in [3.63, 3.8) is 0 Å². The zero-order valence-corrected chi connectivity index (χ0v) is 17.7. The number of carbonyl (C=O) groups excluding carboxylic acids is 2. The molecule has 0 saturated heterocycles. The maximum Gasteiger partial charge on any atom is 0.412 e. The standard InChI is InChI=1S/C23H20FN5O3/c1-14-10-15(4-7-18(14)24)22(30)28(2)17-6-9-21-26-12-19(29(21)13-17)16-5-8-20(25-11-16)27-23(31)32-3/h4-13H,1-3H3,(H,25,27,31). The first-order valence-electron chi connectivity index (χ1n) is 9.70. The van der Waals surface area contributed by atoms with Crippen molar-refractivity contribution < 1.29 is 18.7 Å². The molecule has 0 aliphatic rings. The third-order valence-electron chi connectivity index (χ3n) is 5.06. The van der Waals surface area contributed by atoms with Gasteiger partial charge in [0.05, 0.1) is 24.7 Å². The Kier molecular flexibility index (Phi) is 5.55. The molecule has 3 heterocycles. The van der Waals surface area contributed by atoms with Crippen LogP contribution in [-0.2, 0) is 4.74 Å². The predicted octanol–water partition coefficient (Wildman–Crippen LogP) is 4.30. The molecule has 162 valence electrons. The number of carbonyl (C=O) groups is 2. The van der Waals surface area contributed by atoms with Crippen molar-refractivity contribution in [1.82, 2.24) is 14.4 Å². The van der Waals surface area contributed by atoms with Gasteiger partial charge in [-0.25, -0.2) is 19.2 Å². The van der Waals surface area contributed by atoms with E-state index < -0.39 is 6.09 Å². The summed E-state index contributed by atoms with van der Waals surface area (Å²) in [5.74, 6) is -0.251. The number of imidazole rings is 1. The smallest absolute Gasteiger partial charge is 0.412 e. The molecule has 0 aliphatic heterocycles. The fraction of sp³-hybridized carbons (Fsp3) is 0.130. The first-order valence-corrected chi connectivity index (χ1v) is 9.70. The number of nitrogens with zero attached hydrogens (tertiary/aromatic N) is 4. The van der Waals surface area contributed by atoms with E-state index in [0.29, 0.717) is 28.3 Å². The van der Waals surface area contributed by atoms with Crippen LogP contribution in [0.15, 0.2) is 61.1 Å². The number of nitrogens with one attached hydrogen (secondary N) is 1. The Morgan fingerprint density at radius 3 is 2.59 bits per heavy atom. The number of hydrogen-bond donors (Lipinski definition) is 1. The van der Waals surface area contributed by atoms with E-state index in [1.54, 1.807) is 56.8 Å². The normalized spacial score (nSPS) is 10.8. The highest BCUT2D eigenvalue weighted by molar-refractivity contribution is 6.05. The number of aryl methyl sites for hydroxylation is 1. The van der Waals surface area contributed by atoms with Gasteiger partial charge in [-0.15, -0.1) is 0 Å². The molecule has 1 N–H and O–H groups in total. The molecule has 3 aromatic heterocycles. The Morgan fingerprint density at radius 2 is 1.91 bits per heavy atom. The second-order valence-electron chi connectivity index (χ2n) is 7.14. The van der Waals surface area contributed by atoms with Gasteiger partial charge in [0.25, 0.3) is 5.91 Å². The molecule has 0 saturated carbocycles. The zero-order valence-electron chi connectivity index (χ0n) is 17.7. The van der Waals surface area contributed by atoms with E-state index in [-0.39, 0.29) is 11.7 Å². The Labute approximate surface area is 183 Å². The molecule has 0 fully saturated rings. The molecule has 0 bridgehead atoms. The largest absolute Gasteiger partial charge is 0.453 e. The maximum atomic E-state index is 13.6. The lowest BCUT2D eigenvalue weighted by Gasteiger charge is -2.18. The van der Waals surface area contributed by atoms with Crippen molar-refractivity contribution in [2.75, 3.05) is 24.4 Å². The molecule has 0 atom stereocenters. The van der Waals surface area contributed by atoms with Crippen molar-refractivity contribution in [3.8, 4) is 11.3 Å². The number of rotatable bonds is 4. The number of hydrogen-bond acceptors (Lipinski definition) is 5. The molecule has 1 aromatic carbocycles. The average molecular weight is 433 g/mol. The topological polar surface area (TPSA) is 88.8 Å². The van der Waals surface area contributed by atoms with E-state index in [4.69, 9.17) is 0 Å². The fourth-order valence-corrected chi connectivity index (χ4v) is 3.24. The fourth-order valence-electron chi connectivity index (χ4n) is 3.24. The van der Waals surface area contributed by atoms with Gasteiger partial charge in [0, 0.05) is 30.6 Å². The van der Waals surface area contributed by atoms with Crippen LogP contribution in [0.5, 0.6) is 0 Å². The molecule has 0 aliphatic carbocycles. The molecule has 0 spiro atoms. The van der Waals surface area contributed by atoms with Crippen molar-refractivity contribution in [2.24, 2.45) is 0 Å². The van der Waals surface area contributed by atoms with Crippen LogP contribution >= 0.6 is 0 Å². The van der Waals surface area contributed by atoms with Gasteiger partial charge in [0.15, 0.2) is 0 Å². The maximum absolute atomic E-state index is 13.6. The van der Waals surface area contributed by atoms with Crippen molar-refractivity contribution in [2.45, 2.75) is 6.92 Å². The molecule has 0 unspecified atom stereocenters. The summed E-state index contributed by atoms with van der Waals surface area (Å²) < 4.78 is 20.0. The Hall–Kier alpha value is -4.27. The molecule has 9 heteroatoms. The Bertz CT molecular complexity index is 1320. The quantitative estimate of drug-likeness (QED) is 0.518. The summed E-state index contributed by atoms with van der Waals surface area (Å²) in [6.45, 7) is 1.62. The average Bonchev–Trinajstić information content (AvgIpc) is 3.23. The lowest BCUT2D eigenvalue weighted by Crippen LogP contribution is -2.26. The van der Waals surface area contributed by atoms with Gasteiger partial charge in [-0.05, 0) is 55.0 Å². The summed E-state index contributed by atoms with van der Waals surface area (Å²) in [4.78, 5) is 34.4. The summed E-state index contributed by atoms with van der Waals surface area (Å²) >= 11 is 0. The molecule has 8 nitrogen and oxygen atoms in total. The minimum absolute atomic E-state index is 0.256. The molecule has 4 rings (SSSR count). The van der Waals surface area contributed by atoms with Crippen molar-refractivity contribution in [3.05, 3.63) is 78.0 Å². The monoisotopic (exact) mass is 433 g/mol. The lowest BCUT2D eigenvalue weighted by atomic mass is 10.1. The zero-order chi connectivity index (χ0) is 22.8. The summed E-state index contributed by atoms with van der Waals surface area (Å²) in [5.41, 5.74) is 3.68. The summed E-state index contributed by atoms with van der Waals surface area (Å²) in [5, 5.41) is 2.50. The highest BCUT2D eigenvalue weighted by atomic mass is 19.1. The van der Waals surface area contributed by atoms with Gasteiger partial charge in [0.1, 0.15) is 17.3 Å². The van der Waals surface area contributed by atoms with Crippen LogP contribution in [0.1, 0.15) is 15.9 Å². The number of aromatic nitrogens is 3. The molecule has 2 amide bonds. The number of benzene rings is 1. The number of pyridine rings is 2. The van der Waals surface area contributed by atoms with Crippen LogP contribution in [0, 0.1) is 12.7 Å². The van der Waals surface area contributed by atoms with Gasteiger partial charge in [0.2, 0.25) is 0 Å². The van der Waals surface area contributed by atoms with Crippen LogP contribution in [0.3, 0.4) is 0 Å². The third-order valence-corrected chi connectivity index (χ3v) is 5.06. The first kappa shape index (κ1) is 21.0. The lowest BCUT2D eigenvalue weighted by molar-refractivity contribution is 0.0992. The number of methoxy groups -OCH3 is 1. The minimum Gasteiger partial charge on any atom is -0.453 e. The number of amides is 2. The van der Waals surface area contributed by atoms with Gasteiger partial charge in [-0.2, -0.15) is 0 Å². The van der Waals surface area contributed by atoms with Gasteiger partial charge in [-0.3, -0.25) is 14.5 Å². The SMILES string of the molecule is COC(=O)Nc1ccc(-c2cnc3ccc(N(C)C(=O)c4ccc(F)c(C)c4)cn23)cn1. The number of fused-ring (bicyclic) bond motifs is 1. The number of ether oxygens (including phenoxy) is 1. The number of anilines is 2. The number of halogens is 1. The van der Waals surface area contributed by atoms with Gasteiger partial charge >= 0.3 is 6.09 Å². The van der Waals surface area contributed by atoms with E-state index in [1.807, 2.05) is 4.40 Å². The predicted molar refractivity (Wildman–Crippen MR) is 118 cm³/mol. The molecule has 32 heavy (non-hydrogen) atoms. The highest BCUT2D eigenvalue weighted by Crippen LogP contribution is 2.25. The summed E-state index contributed by atoms with van der Waals surface area (Å²) in [7, 11) is 2.94. The second kappa shape index (κ2) is 8.46. The van der Waals surface area contributed by atoms with E-state index in [9.17, 15) is 14.0 Å². The summed E-state index contributed by atoms with van der Waals surface area (Å²) in [6.07, 6.45) is 4.51. The van der Waals surface area contributed by atoms with E-state index in [2.05, 4.69) is 20.0 Å². The molecule has 4 aromatic rings. The second-order valence-corrected chi connectivity index (χ2v) is 7.14. The molecule has 0 radical (unpaired) electrons. The van der Waals surface area contributed by atoms with E-state index in [0.717, 1.165) is 11.3 Å². The minimum atomic E-state index is -0.603. The third kappa shape index (κ3) is 4.00. The summed E-state index contributed by atoms with van der Waals surface area (Å²) in [6, 6.07) is 11.3. The van der Waals surface area contributed by atoms with Crippen LogP contribution in [-0.4, -0.2) is 40.5 Å². The molecular weight excluding hydrogens is 413 g/mol. The van der Waals surface area contributed by atoms with Crippen LogP contribution in [0.4, 0.5) is 20.7 Å². The van der Waals surface area contributed by atoms with Crippen molar-refractivity contribution >= 4 is 29.2 Å². The highest BCUT2D eigenvalue weighted by Gasteiger charge is 2.16.